The van der Waals surface area contributed by atoms with Crippen LogP contribution in [0.15, 0.2) is 97.3 Å². The number of hydrogen-bond acceptors (Lipinski definition) is 1. The molecular weight excluding hydrogens is 430 g/mol. The van der Waals surface area contributed by atoms with Gasteiger partial charge in [0.05, 0.1) is 0 Å². The Labute approximate surface area is 208 Å². The molecule has 5 rings (SSSR count). The predicted molar refractivity (Wildman–Crippen MR) is 139 cm³/mol. The Balaban J connectivity index is 1.48. The molecule has 0 bridgehead atoms. The second kappa shape index (κ2) is 9.53. The SMILES string of the molecule is Cc1ccccc1C[n+]1ccn([C@@H]2CC[C@H](C(C(N)=O)(c3ccccc3)c3ccccc3)C2)c1C. The summed E-state index contributed by atoms with van der Waals surface area (Å²) in [5.41, 5.74) is 10.1. The van der Waals surface area contributed by atoms with Crippen LogP contribution in [0.3, 0.4) is 0 Å². The molecule has 1 aliphatic rings. The molecule has 4 heteroatoms. The summed E-state index contributed by atoms with van der Waals surface area (Å²) in [6.07, 6.45) is 7.28. The lowest BCUT2D eigenvalue weighted by Gasteiger charge is -2.37. The Hall–Kier alpha value is -3.66. The zero-order valence-corrected chi connectivity index (χ0v) is 20.6. The minimum Gasteiger partial charge on any atom is -0.369 e. The van der Waals surface area contributed by atoms with Gasteiger partial charge in [0.2, 0.25) is 5.91 Å². The molecule has 0 unspecified atom stereocenters. The molecule has 1 aliphatic carbocycles. The summed E-state index contributed by atoms with van der Waals surface area (Å²) in [5, 5.41) is 0. The highest BCUT2D eigenvalue weighted by molar-refractivity contribution is 5.91. The topological polar surface area (TPSA) is 51.9 Å². The van der Waals surface area contributed by atoms with Gasteiger partial charge in [-0.25, -0.2) is 9.13 Å². The number of primary amides is 1. The molecule has 35 heavy (non-hydrogen) atoms. The van der Waals surface area contributed by atoms with Crippen LogP contribution in [-0.2, 0) is 16.8 Å². The number of nitrogens with zero attached hydrogens (tertiary/aromatic N) is 2. The Kier molecular flexibility index (Phi) is 6.29. The molecule has 0 radical (unpaired) electrons. The van der Waals surface area contributed by atoms with E-state index in [1.165, 1.54) is 17.0 Å². The van der Waals surface area contributed by atoms with E-state index in [1.807, 2.05) is 36.4 Å². The lowest BCUT2D eigenvalue weighted by Crippen LogP contribution is -2.47. The number of nitrogens with two attached hydrogens (primary N) is 1. The monoisotopic (exact) mass is 464 g/mol. The third kappa shape index (κ3) is 4.07. The molecule has 0 saturated heterocycles. The Bertz CT molecular complexity index is 1270. The van der Waals surface area contributed by atoms with Crippen molar-refractivity contribution in [1.29, 1.82) is 0 Å². The minimum atomic E-state index is -0.838. The van der Waals surface area contributed by atoms with E-state index in [1.54, 1.807) is 0 Å². The van der Waals surface area contributed by atoms with E-state index in [0.717, 1.165) is 36.9 Å². The van der Waals surface area contributed by atoms with Crippen LogP contribution in [0.4, 0.5) is 0 Å². The molecule has 178 valence electrons. The standard InChI is InChI=1S/C31H33N3O/c1-23-11-9-10-12-25(23)22-33-19-20-34(24(33)2)29-18-17-28(21-29)31(30(32)35,26-13-5-3-6-14-26)27-15-7-4-8-16-27/h3-16,19-20,28-29H,17-18,21-22H2,1-2H3,(H-,32,35)/p+1/t28-,29+/m0/s1. The van der Waals surface area contributed by atoms with Crippen molar-refractivity contribution in [1.82, 2.24) is 4.57 Å². The van der Waals surface area contributed by atoms with Crippen molar-refractivity contribution >= 4 is 5.91 Å². The Morgan fingerprint density at radius 1 is 0.914 bits per heavy atom. The zero-order valence-electron chi connectivity index (χ0n) is 20.6. The van der Waals surface area contributed by atoms with Gasteiger partial charge in [0.1, 0.15) is 30.4 Å². The lowest BCUT2D eigenvalue weighted by molar-refractivity contribution is -0.694. The number of rotatable bonds is 7. The first-order valence-corrected chi connectivity index (χ1v) is 12.5. The van der Waals surface area contributed by atoms with Crippen LogP contribution in [-0.4, -0.2) is 10.5 Å². The van der Waals surface area contributed by atoms with Gasteiger partial charge in [0, 0.05) is 6.92 Å². The van der Waals surface area contributed by atoms with E-state index in [-0.39, 0.29) is 11.8 Å². The highest BCUT2D eigenvalue weighted by Gasteiger charge is 2.51. The molecule has 0 aliphatic heterocycles. The highest BCUT2D eigenvalue weighted by Crippen LogP contribution is 2.49. The molecule has 1 heterocycles. The maximum atomic E-state index is 13.4. The molecule has 1 aromatic heterocycles. The van der Waals surface area contributed by atoms with Gasteiger partial charge in [-0.1, -0.05) is 84.9 Å². The van der Waals surface area contributed by atoms with Crippen molar-refractivity contribution < 1.29 is 9.36 Å². The number of aryl methyl sites for hydroxylation is 1. The van der Waals surface area contributed by atoms with Gasteiger partial charge in [-0.15, -0.1) is 0 Å². The van der Waals surface area contributed by atoms with Crippen LogP contribution in [0.1, 0.15) is 53.4 Å². The summed E-state index contributed by atoms with van der Waals surface area (Å²) in [4.78, 5) is 13.4. The number of aromatic nitrogens is 2. The van der Waals surface area contributed by atoms with Crippen molar-refractivity contribution in [3.05, 3.63) is 125 Å². The van der Waals surface area contributed by atoms with Crippen molar-refractivity contribution in [3.63, 3.8) is 0 Å². The van der Waals surface area contributed by atoms with Crippen LogP contribution >= 0.6 is 0 Å². The van der Waals surface area contributed by atoms with E-state index >= 15 is 0 Å². The van der Waals surface area contributed by atoms with Crippen molar-refractivity contribution in [3.8, 4) is 0 Å². The fourth-order valence-electron chi connectivity index (χ4n) is 6.17. The van der Waals surface area contributed by atoms with Crippen molar-refractivity contribution in [2.75, 3.05) is 0 Å². The molecule has 2 N–H and O–H groups in total. The summed E-state index contributed by atoms with van der Waals surface area (Å²) in [6, 6.07) is 29.1. The van der Waals surface area contributed by atoms with Gasteiger partial charge in [0.25, 0.3) is 5.82 Å². The van der Waals surface area contributed by atoms with Crippen LogP contribution in [0.2, 0.25) is 0 Å². The van der Waals surface area contributed by atoms with E-state index in [9.17, 15) is 4.79 Å². The van der Waals surface area contributed by atoms with Crippen LogP contribution in [0, 0.1) is 19.8 Å². The van der Waals surface area contributed by atoms with Crippen LogP contribution in [0.5, 0.6) is 0 Å². The fraction of sp³-hybridized carbons (Fsp3) is 0.290. The number of carbonyl (C=O) groups excluding carboxylic acids is 1. The summed E-state index contributed by atoms with van der Waals surface area (Å²) in [5.74, 6) is 1.10. The third-order valence-corrected chi connectivity index (χ3v) is 8.06. The second-order valence-electron chi connectivity index (χ2n) is 9.88. The molecule has 1 saturated carbocycles. The van der Waals surface area contributed by atoms with Crippen LogP contribution in [0.25, 0.3) is 0 Å². The highest BCUT2D eigenvalue weighted by atomic mass is 16.1. The minimum absolute atomic E-state index is 0.126. The molecular formula is C31H34N3O+. The summed E-state index contributed by atoms with van der Waals surface area (Å²) in [7, 11) is 0. The predicted octanol–water partition coefficient (Wildman–Crippen LogP) is 5.25. The maximum Gasteiger partial charge on any atom is 0.253 e. The molecule has 1 fully saturated rings. The van der Waals surface area contributed by atoms with Gasteiger partial charge in [0.15, 0.2) is 0 Å². The molecule has 4 nitrogen and oxygen atoms in total. The fourth-order valence-corrected chi connectivity index (χ4v) is 6.17. The quantitative estimate of drug-likeness (QED) is 0.373. The molecule has 1 amide bonds. The van der Waals surface area contributed by atoms with E-state index < -0.39 is 5.41 Å². The summed E-state index contributed by atoms with van der Waals surface area (Å²) >= 11 is 0. The Morgan fingerprint density at radius 2 is 1.51 bits per heavy atom. The van der Waals surface area contributed by atoms with Crippen LogP contribution < -0.4 is 10.3 Å². The van der Waals surface area contributed by atoms with Gasteiger partial charge in [-0.3, -0.25) is 4.79 Å². The average Bonchev–Trinajstić information content (AvgIpc) is 3.49. The zero-order chi connectivity index (χ0) is 24.4. The number of benzene rings is 3. The van der Waals surface area contributed by atoms with Gasteiger partial charge in [-0.05, 0) is 54.4 Å². The lowest BCUT2D eigenvalue weighted by atomic mass is 9.64. The van der Waals surface area contributed by atoms with Gasteiger partial charge >= 0.3 is 0 Å². The van der Waals surface area contributed by atoms with E-state index in [2.05, 4.69) is 83.9 Å². The van der Waals surface area contributed by atoms with E-state index in [0.29, 0.717) is 6.04 Å². The number of imidazole rings is 1. The van der Waals surface area contributed by atoms with E-state index in [4.69, 9.17) is 5.73 Å². The second-order valence-corrected chi connectivity index (χ2v) is 9.88. The average molecular weight is 465 g/mol. The molecule has 3 aromatic carbocycles. The number of carbonyl (C=O) groups is 1. The summed E-state index contributed by atoms with van der Waals surface area (Å²) in [6.45, 7) is 5.22. The first-order valence-electron chi connectivity index (χ1n) is 12.5. The smallest absolute Gasteiger partial charge is 0.253 e. The summed E-state index contributed by atoms with van der Waals surface area (Å²) < 4.78 is 4.73. The number of amides is 1. The molecule has 2 atom stereocenters. The first kappa shape index (κ1) is 23.1. The normalized spacial score (nSPS) is 18.0. The maximum absolute atomic E-state index is 13.4. The first-order chi connectivity index (χ1) is 17.0. The Morgan fingerprint density at radius 3 is 2.11 bits per heavy atom. The molecule has 0 spiro atoms. The largest absolute Gasteiger partial charge is 0.369 e. The number of hydrogen-bond donors (Lipinski definition) is 1. The van der Waals surface area contributed by atoms with Gasteiger partial charge in [-0.2, -0.15) is 0 Å². The third-order valence-electron chi connectivity index (χ3n) is 8.06. The van der Waals surface area contributed by atoms with Crippen molar-refractivity contribution in [2.24, 2.45) is 11.7 Å². The molecule has 4 aromatic rings. The van der Waals surface area contributed by atoms with Gasteiger partial charge < -0.3 is 5.73 Å². The van der Waals surface area contributed by atoms with Crippen molar-refractivity contribution in [2.45, 2.75) is 51.1 Å².